The van der Waals surface area contributed by atoms with E-state index in [1.807, 2.05) is 0 Å². The van der Waals surface area contributed by atoms with Crippen molar-refractivity contribution in [1.82, 2.24) is 15.3 Å². The summed E-state index contributed by atoms with van der Waals surface area (Å²) in [6.07, 6.45) is 5.90. The third-order valence-electron chi connectivity index (χ3n) is 4.96. The molecule has 0 aliphatic heterocycles. The number of amides is 1. The van der Waals surface area contributed by atoms with Crippen LogP contribution in [0.3, 0.4) is 0 Å². The normalized spacial score (nSPS) is 27.5. The van der Waals surface area contributed by atoms with E-state index in [9.17, 15) is 14.4 Å². The van der Waals surface area contributed by atoms with E-state index in [4.69, 9.17) is 0 Å². The van der Waals surface area contributed by atoms with Gasteiger partial charge in [0.05, 0.1) is 12.0 Å². The van der Waals surface area contributed by atoms with Crippen LogP contribution in [-0.2, 0) is 16.1 Å². The monoisotopic (exact) mass is 367 g/mol. The first kappa shape index (κ1) is 15.4. The van der Waals surface area contributed by atoms with Gasteiger partial charge in [0, 0.05) is 19.0 Å². The maximum Gasteiger partial charge on any atom is 0.265 e. The van der Waals surface area contributed by atoms with E-state index < -0.39 is 5.41 Å². The standard InChI is InChI=1S/C15H18BrN3O3/c16-11-7-17-12(19-13(11)21)8-18-14(22)15-4-1-2-9(15)6-10(20)3-5-15/h7,9H,1-6,8H2,(H,18,22)(H,17,19,21). The molecule has 7 heteroatoms. The van der Waals surface area contributed by atoms with Crippen LogP contribution in [0.2, 0.25) is 0 Å². The lowest BCUT2D eigenvalue weighted by atomic mass is 9.67. The van der Waals surface area contributed by atoms with Gasteiger partial charge in [-0.1, -0.05) is 6.42 Å². The van der Waals surface area contributed by atoms with Crippen molar-refractivity contribution in [2.24, 2.45) is 11.3 Å². The lowest BCUT2D eigenvalue weighted by Crippen LogP contribution is -2.46. The highest BCUT2D eigenvalue weighted by atomic mass is 79.9. The van der Waals surface area contributed by atoms with Gasteiger partial charge in [-0.15, -0.1) is 0 Å². The van der Waals surface area contributed by atoms with E-state index in [-0.39, 0.29) is 29.7 Å². The number of fused-ring (bicyclic) bond motifs is 1. The van der Waals surface area contributed by atoms with E-state index >= 15 is 0 Å². The molecule has 2 saturated carbocycles. The van der Waals surface area contributed by atoms with E-state index in [0.29, 0.717) is 29.6 Å². The first-order valence-corrected chi connectivity index (χ1v) is 8.34. The van der Waals surface area contributed by atoms with E-state index in [1.54, 1.807) is 0 Å². The van der Waals surface area contributed by atoms with Gasteiger partial charge in [-0.05, 0) is 41.1 Å². The third kappa shape index (κ3) is 2.74. The van der Waals surface area contributed by atoms with Gasteiger partial charge in [0.2, 0.25) is 5.91 Å². The molecule has 22 heavy (non-hydrogen) atoms. The smallest absolute Gasteiger partial charge is 0.265 e. The molecule has 2 aliphatic carbocycles. The number of carbonyl (C=O) groups excluding carboxylic acids is 2. The number of ketones is 1. The summed E-state index contributed by atoms with van der Waals surface area (Å²) in [5.74, 6) is 0.868. The van der Waals surface area contributed by atoms with E-state index in [2.05, 4.69) is 31.2 Å². The Balaban J connectivity index is 1.69. The molecule has 2 N–H and O–H groups in total. The van der Waals surface area contributed by atoms with Crippen LogP contribution in [0.15, 0.2) is 15.5 Å². The molecule has 2 unspecified atom stereocenters. The quantitative estimate of drug-likeness (QED) is 0.849. The summed E-state index contributed by atoms with van der Waals surface area (Å²) in [6.45, 7) is 0.198. The number of Topliss-reactive ketones (excluding diaryl/α,β-unsaturated/α-hetero) is 1. The highest BCUT2D eigenvalue weighted by Gasteiger charge is 2.51. The Morgan fingerprint density at radius 3 is 3.05 bits per heavy atom. The van der Waals surface area contributed by atoms with Gasteiger partial charge in [-0.2, -0.15) is 0 Å². The molecule has 1 heterocycles. The van der Waals surface area contributed by atoms with Crippen LogP contribution in [0, 0.1) is 11.3 Å². The third-order valence-corrected chi connectivity index (χ3v) is 5.52. The SMILES string of the molecule is O=C1CCC2(C(=O)NCc3ncc(Br)c(=O)[nH]3)CCCC2C1. The number of nitrogens with one attached hydrogen (secondary N) is 2. The van der Waals surface area contributed by atoms with Gasteiger partial charge in [0.1, 0.15) is 16.1 Å². The van der Waals surface area contributed by atoms with Crippen LogP contribution in [-0.4, -0.2) is 21.7 Å². The fraction of sp³-hybridized carbons (Fsp3) is 0.600. The van der Waals surface area contributed by atoms with Crippen molar-refractivity contribution in [3.8, 4) is 0 Å². The number of aromatic amines is 1. The zero-order valence-corrected chi connectivity index (χ0v) is 13.7. The van der Waals surface area contributed by atoms with E-state index in [0.717, 1.165) is 19.3 Å². The molecule has 0 bridgehead atoms. The van der Waals surface area contributed by atoms with Crippen molar-refractivity contribution < 1.29 is 9.59 Å². The first-order valence-electron chi connectivity index (χ1n) is 7.55. The molecule has 3 rings (SSSR count). The molecule has 118 valence electrons. The predicted molar refractivity (Wildman–Crippen MR) is 83.0 cm³/mol. The summed E-state index contributed by atoms with van der Waals surface area (Å²) in [5, 5.41) is 2.89. The van der Waals surface area contributed by atoms with Crippen molar-refractivity contribution in [3.05, 3.63) is 26.8 Å². The molecule has 0 radical (unpaired) electrons. The molecule has 1 aromatic heterocycles. The van der Waals surface area contributed by atoms with Gasteiger partial charge < -0.3 is 10.3 Å². The summed E-state index contributed by atoms with van der Waals surface area (Å²) in [7, 11) is 0. The lowest BCUT2D eigenvalue weighted by Gasteiger charge is -2.37. The average molecular weight is 368 g/mol. The number of halogens is 1. The van der Waals surface area contributed by atoms with Crippen molar-refractivity contribution in [1.29, 1.82) is 0 Å². The van der Waals surface area contributed by atoms with Crippen molar-refractivity contribution in [2.45, 2.75) is 45.1 Å². The van der Waals surface area contributed by atoms with Crippen LogP contribution >= 0.6 is 15.9 Å². The highest BCUT2D eigenvalue weighted by Crippen LogP contribution is 2.51. The summed E-state index contributed by atoms with van der Waals surface area (Å²) < 4.78 is 0.364. The van der Waals surface area contributed by atoms with Crippen molar-refractivity contribution >= 4 is 27.6 Å². The Kier molecular flexibility index (Phi) is 4.16. The summed E-state index contributed by atoms with van der Waals surface area (Å²) in [4.78, 5) is 42.5. The molecule has 2 atom stereocenters. The van der Waals surface area contributed by atoms with Gasteiger partial charge in [0.15, 0.2) is 0 Å². The number of hydrogen-bond donors (Lipinski definition) is 2. The fourth-order valence-corrected chi connectivity index (χ4v) is 3.97. The molecule has 0 aromatic carbocycles. The molecular weight excluding hydrogens is 350 g/mol. The number of rotatable bonds is 3. The minimum Gasteiger partial charge on any atom is -0.348 e. The predicted octanol–water partition coefficient (Wildman–Crippen LogP) is 1.69. The Hall–Kier alpha value is -1.50. The van der Waals surface area contributed by atoms with Gasteiger partial charge in [-0.25, -0.2) is 4.98 Å². The number of carbonyl (C=O) groups is 2. The van der Waals surface area contributed by atoms with Crippen LogP contribution in [0.1, 0.15) is 44.3 Å². The Morgan fingerprint density at radius 1 is 1.45 bits per heavy atom. The van der Waals surface area contributed by atoms with Crippen LogP contribution in [0.4, 0.5) is 0 Å². The Morgan fingerprint density at radius 2 is 2.27 bits per heavy atom. The molecule has 6 nitrogen and oxygen atoms in total. The second-order valence-electron chi connectivity index (χ2n) is 6.18. The van der Waals surface area contributed by atoms with Crippen LogP contribution in [0.25, 0.3) is 0 Å². The van der Waals surface area contributed by atoms with Gasteiger partial charge in [-0.3, -0.25) is 14.4 Å². The summed E-state index contributed by atoms with van der Waals surface area (Å²) in [5.41, 5.74) is -0.664. The molecule has 2 aliphatic rings. The maximum absolute atomic E-state index is 12.7. The second-order valence-corrected chi connectivity index (χ2v) is 7.03. The Bertz CT molecular complexity index is 672. The molecule has 2 fully saturated rings. The minimum atomic E-state index is -0.399. The topological polar surface area (TPSA) is 91.9 Å². The summed E-state index contributed by atoms with van der Waals surface area (Å²) >= 11 is 3.09. The molecule has 0 spiro atoms. The highest BCUT2D eigenvalue weighted by molar-refractivity contribution is 9.10. The number of aromatic nitrogens is 2. The number of hydrogen-bond acceptors (Lipinski definition) is 4. The average Bonchev–Trinajstić information content (AvgIpc) is 2.92. The molecule has 1 amide bonds. The number of H-pyrrole nitrogens is 1. The maximum atomic E-state index is 12.7. The molecule has 0 saturated heterocycles. The van der Waals surface area contributed by atoms with Crippen LogP contribution in [0.5, 0.6) is 0 Å². The fourth-order valence-electron chi connectivity index (χ4n) is 3.77. The second kappa shape index (κ2) is 5.95. The minimum absolute atomic E-state index is 0.00642. The van der Waals surface area contributed by atoms with Crippen molar-refractivity contribution in [2.75, 3.05) is 0 Å². The van der Waals surface area contributed by atoms with Gasteiger partial charge >= 0.3 is 0 Å². The molecule has 1 aromatic rings. The summed E-state index contributed by atoms with van der Waals surface area (Å²) in [6, 6.07) is 0. The lowest BCUT2D eigenvalue weighted by molar-refractivity contribution is -0.138. The van der Waals surface area contributed by atoms with E-state index in [1.165, 1.54) is 6.20 Å². The van der Waals surface area contributed by atoms with Crippen molar-refractivity contribution in [3.63, 3.8) is 0 Å². The first-order chi connectivity index (χ1) is 10.5. The molecular formula is C15H18BrN3O3. The zero-order chi connectivity index (χ0) is 15.7. The Labute approximate surface area is 136 Å². The van der Waals surface area contributed by atoms with Gasteiger partial charge in [0.25, 0.3) is 5.56 Å². The zero-order valence-electron chi connectivity index (χ0n) is 12.2. The van der Waals surface area contributed by atoms with Crippen LogP contribution < -0.4 is 10.9 Å². The number of nitrogens with zero attached hydrogens (tertiary/aromatic N) is 1. The largest absolute Gasteiger partial charge is 0.348 e.